The van der Waals surface area contributed by atoms with Gasteiger partial charge in [-0.2, -0.15) is 0 Å². The standard InChI is InChI=1S/C18H22BrNS/c1-13-8-9-14(2)15(10-13)11-16(20-3)12-21-18-7-5-4-6-17(18)19/h4-10,16,20H,11-12H2,1-3H3. The molecule has 21 heavy (non-hydrogen) atoms. The van der Waals surface area contributed by atoms with Crippen molar-refractivity contribution in [2.75, 3.05) is 12.8 Å². The fraction of sp³-hybridized carbons (Fsp3) is 0.333. The molecular weight excluding hydrogens is 342 g/mol. The van der Waals surface area contributed by atoms with Crippen LogP contribution in [0.2, 0.25) is 0 Å². The number of likely N-dealkylation sites (N-methyl/N-ethyl adjacent to an activating group) is 1. The molecule has 0 aromatic heterocycles. The molecular formula is C18H22BrNS. The van der Waals surface area contributed by atoms with Crippen LogP contribution < -0.4 is 5.32 Å². The number of halogens is 1. The van der Waals surface area contributed by atoms with Gasteiger partial charge in [0.1, 0.15) is 0 Å². The van der Waals surface area contributed by atoms with E-state index in [2.05, 4.69) is 84.6 Å². The minimum Gasteiger partial charge on any atom is -0.316 e. The fourth-order valence-electron chi connectivity index (χ4n) is 2.28. The van der Waals surface area contributed by atoms with Crippen LogP contribution in [0.5, 0.6) is 0 Å². The monoisotopic (exact) mass is 363 g/mol. The number of hydrogen-bond acceptors (Lipinski definition) is 2. The molecule has 1 atom stereocenters. The van der Waals surface area contributed by atoms with E-state index in [9.17, 15) is 0 Å². The Hall–Kier alpha value is -0.770. The first-order valence-electron chi connectivity index (χ1n) is 7.21. The van der Waals surface area contributed by atoms with E-state index in [1.54, 1.807) is 0 Å². The Bertz CT molecular complexity index is 598. The van der Waals surface area contributed by atoms with Gasteiger partial charge in [-0.3, -0.25) is 0 Å². The molecule has 1 nitrogen and oxygen atoms in total. The van der Waals surface area contributed by atoms with Crippen LogP contribution in [-0.4, -0.2) is 18.8 Å². The van der Waals surface area contributed by atoms with Gasteiger partial charge in [0, 0.05) is 21.2 Å². The molecule has 0 heterocycles. The Labute approximate surface area is 140 Å². The van der Waals surface area contributed by atoms with Crippen LogP contribution in [0.3, 0.4) is 0 Å². The Morgan fingerprint density at radius 1 is 1.14 bits per heavy atom. The van der Waals surface area contributed by atoms with Gasteiger partial charge in [0.05, 0.1) is 0 Å². The van der Waals surface area contributed by atoms with Crippen LogP contribution in [0.4, 0.5) is 0 Å². The molecule has 0 saturated carbocycles. The summed E-state index contributed by atoms with van der Waals surface area (Å²) < 4.78 is 1.18. The van der Waals surface area contributed by atoms with E-state index in [1.807, 2.05) is 11.8 Å². The van der Waals surface area contributed by atoms with E-state index in [0.29, 0.717) is 6.04 Å². The van der Waals surface area contributed by atoms with Crippen molar-refractivity contribution in [3.63, 3.8) is 0 Å². The summed E-state index contributed by atoms with van der Waals surface area (Å²) in [4.78, 5) is 1.30. The second kappa shape index (κ2) is 8.02. The second-order valence-corrected chi connectivity index (χ2v) is 7.28. The van der Waals surface area contributed by atoms with Crippen molar-refractivity contribution in [2.45, 2.75) is 31.2 Å². The minimum absolute atomic E-state index is 0.475. The van der Waals surface area contributed by atoms with Crippen molar-refractivity contribution in [3.05, 3.63) is 63.6 Å². The molecule has 1 N–H and O–H groups in total. The van der Waals surface area contributed by atoms with Gasteiger partial charge in [-0.15, -0.1) is 11.8 Å². The molecule has 0 aliphatic carbocycles. The summed E-state index contributed by atoms with van der Waals surface area (Å²) in [6.07, 6.45) is 1.07. The van der Waals surface area contributed by atoms with Crippen molar-refractivity contribution in [2.24, 2.45) is 0 Å². The molecule has 0 aliphatic rings. The molecule has 2 aromatic rings. The molecule has 1 unspecified atom stereocenters. The summed E-state index contributed by atoms with van der Waals surface area (Å²) in [7, 11) is 2.05. The molecule has 0 aliphatic heterocycles. The molecule has 2 rings (SSSR count). The van der Waals surface area contributed by atoms with E-state index < -0.39 is 0 Å². The summed E-state index contributed by atoms with van der Waals surface area (Å²) in [6.45, 7) is 4.36. The quantitative estimate of drug-likeness (QED) is 0.725. The third kappa shape index (κ3) is 4.87. The Morgan fingerprint density at radius 2 is 1.90 bits per heavy atom. The summed E-state index contributed by atoms with van der Waals surface area (Å²) in [5.74, 6) is 1.06. The first kappa shape index (κ1) is 16.6. The molecule has 0 saturated heterocycles. The minimum atomic E-state index is 0.475. The largest absolute Gasteiger partial charge is 0.316 e. The summed E-state index contributed by atoms with van der Waals surface area (Å²) in [6, 6.07) is 15.6. The van der Waals surface area contributed by atoms with Crippen LogP contribution in [0, 0.1) is 13.8 Å². The number of nitrogens with one attached hydrogen (secondary N) is 1. The van der Waals surface area contributed by atoms with Crippen LogP contribution in [-0.2, 0) is 6.42 Å². The van der Waals surface area contributed by atoms with E-state index in [4.69, 9.17) is 0 Å². The highest BCUT2D eigenvalue weighted by molar-refractivity contribution is 9.10. The third-order valence-corrected chi connectivity index (χ3v) is 5.85. The summed E-state index contributed by atoms with van der Waals surface area (Å²) in [5.41, 5.74) is 4.16. The highest BCUT2D eigenvalue weighted by Gasteiger charge is 2.11. The van der Waals surface area contributed by atoms with Crippen LogP contribution in [0.1, 0.15) is 16.7 Å². The van der Waals surface area contributed by atoms with Gasteiger partial charge in [0.2, 0.25) is 0 Å². The van der Waals surface area contributed by atoms with Gasteiger partial charge in [-0.1, -0.05) is 35.9 Å². The summed E-state index contributed by atoms with van der Waals surface area (Å²) >= 11 is 5.51. The zero-order chi connectivity index (χ0) is 15.2. The molecule has 112 valence electrons. The lowest BCUT2D eigenvalue weighted by Gasteiger charge is -2.18. The van der Waals surface area contributed by atoms with Crippen molar-refractivity contribution >= 4 is 27.7 Å². The first-order valence-corrected chi connectivity index (χ1v) is 8.98. The van der Waals surface area contributed by atoms with Gasteiger partial charge >= 0.3 is 0 Å². The number of rotatable bonds is 6. The lowest BCUT2D eigenvalue weighted by atomic mass is 10.00. The zero-order valence-corrected chi connectivity index (χ0v) is 15.2. The average molecular weight is 364 g/mol. The third-order valence-electron chi connectivity index (χ3n) is 3.66. The van der Waals surface area contributed by atoms with Gasteiger partial charge in [0.15, 0.2) is 0 Å². The lowest BCUT2D eigenvalue weighted by molar-refractivity contribution is 0.615. The van der Waals surface area contributed by atoms with Crippen LogP contribution in [0.15, 0.2) is 51.8 Å². The van der Waals surface area contributed by atoms with E-state index in [0.717, 1.165) is 12.2 Å². The maximum atomic E-state index is 3.62. The second-order valence-electron chi connectivity index (χ2n) is 5.36. The van der Waals surface area contributed by atoms with Gasteiger partial charge in [0.25, 0.3) is 0 Å². The van der Waals surface area contributed by atoms with Gasteiger partial charge in [-0.05, 0) is 66.5 Å². The maximum absolute atomic E-state index is 3.62. The van der Waals surface area contributed by atoms with Crippen LogP contribution >= 0.6 is 27.7 Å². The highest BCUT2D eigenvalue weighted by atomic mass is 79.9. The smallest absolute Gasteiger partial charge is 0.0311 e. The molecule has 0 bridgehead atoms. The lowest BCUT2D eigenvalue weighted by Crippen LogP contribution is -2.30. The molecule has 0 radical (unpaired) electrons. The Morgan fingerprint density at radius 3 is 2.62 bits per heavy atom. The van der Waals surface area contributed by atoms with Crippen LogP contribution in [0.25, 0.3) is 0 Å². The maximum Gasteiger partial charge on any atom is 0.0311 e. The molecule has 2 aromatic carbocycles. The SMILES string of the molecule is CNC(CSc1ccccc1Br)Cc1cc(C)ccc1C. The molecule has 3 heteroatoms. The molecule has 0 spiro atoms. The number of thioether (sulfide) groups is 1. The van der Waals surface area contributed by atoms with E-state index in [1.165, 1.54) is 26.1 Å². The predicted molar refractivity (Wildman–Crippen MR) is 97.3 cm³/mol. The van der Waals surface area contributed by atoms with Gasteiger partial charge < -0.3 is 5.32 Å². The van der Waals surface area contributed by atoms with Gasteiger partial charge in [-0.25, -0.2) is 0 Å². The number of aryl methyl sites for hydroxylation is 2. The Balaban J connectivity index is 2.00. The van der Waals surface area contributed by atoms with Crippen molar-refractivity contribution in [1.82, 2.24) is 5.32 Å². The fourth-order valence-corrected chi connectivity index (χ4v) is 3.96. The Kier molecular flexibility index (Phi) is 6.34. The average Bonchev–Trinajstić information content (AvgIpc) is 2.48. The molecule has 0 amide bonds. The van der Waals surface area contributed by atoms with Crippen molar-refractivity contribution in [3.8, 4) is 0 Å². The predicted octanol–water partition coefficient (Wildman–Crippen LogP) is 4.99. The zero-order valence-electron chi connectivity index (χ0n) is 12.8. The highest BCUT2D eigenvalue weighted by Crippen LogP contribution is 2.28. The van der Waals surface area contributed by atoms with Crippen molar-refractivity contribution in [1.29, 1.82) is 0 Å². The van der Waals surface area contributed by atoms with E-state index >= 15 is 0 Å². The number of benzene rings is 2. The topological polar surface area (TPSA) is 12.0 Å². The summed E-state index contributed by atoms with van der Waals surface area (Å²) in [5, 5.41) is 3.45. The normalized spacial score (nSPS) is 12.4. The van der Waals surface area contributed by atoms with Crippen molar-refractivity contribution < 1.29 is 0 Å². The number of hydrogen-bond donors (Lipinski definition) is 1. The first-order chi connectivity index (χ1) is 10.1. The molecule has 0 fully saturated rings. The van der Waals surface area contributed by atoms with E-state index in [-0.39, 0.29) is 0 Å².